The Morgan fingerprint density at radius 3 is 2.64 bits per heavy atom. The molecular formula is C10H12ClNO2. The fourth-order valence-corrected chi connectivity index (χ4v) is 1.35. The van der Waals surface area contributed by atoms with Gasteiger partial charge < -0.3 is 10.0 Å². The number of nitrogens with zero attached hydrogens (tertiary/aromatic N) is 1. The number of carboxylic acid groups (broad SMARTS) is 1. The van der Waals surface area contributed by atoms with E-state index in [-0.39, 0.29) is 5.56 Å². The van der Waals surface area contributed by atoms with Crippen LogP contribution in [-0.2, 0) is 6.54 Å². The third-order valence-corrected chi connectivity index (χ3v) is 2.15. The molecule has 0 unspecified atom stereocenters. The Kier molecular flexibility index (Phi) is 3.49. The van der Waals surface area contributed by atoms with Gasteiger partial charge in [0.15, 0.2) is 0 Å². The number of hydrogen-bond donors (Lipinski definition) is 1. The van der Waals surface area contributed by atoms with E-state index in [9.17, 15) is 4.79 Å². The highest BCUT2D eigenvalue weighted by Gasteiger charge is 2.07. The number of hydrogen-bond acceptors (Lipinski definition) is 2. The van der Waals surface area contributed by atoms with Crippen molar-refractivity contribution < 1.29 is 9.90 Å². The quantitative estimate of drug-likeness (QED) is 0.836. The van der Waals surface area contributed by atoms with Crippen LogP contribution in [0.2, 0.25) is 5.02 Å². The highest BCUT2D eigenvalue weighted by molar-refractivity contribution is 6.31. The van der Waals surface area contributed by atoms with E-state index in [1.807, 2.05) is 19.0 Å². The highest BCUT2D eigenvalue weighted by Crippen LogP contribution is 2.18. The average molecular weight is 214 g/mol. The Balaban J connectivity index is 3.02. The Bertz CT molecular complexity index is 350. The van der Waals surface area contributed by atoms with Crippen LogP contribution in [0.5, 0.6) is 0 Å². The number of rotatable bonds is 3. The van der Waals surface area contributed by atoms with E-state index in [0.717, 1.165) is 5.56 Å². The third kappa shape index (κ3) is 2.72. The molecule has 14 heavy (non-hydrogen) atoms. The summed E-state index contributed by atoms with van der Waals surface area (Å²) in [7, 11) is 3.81. The molecule has 0 amide bonds. The van der Waals surface area contributed by atoms with Crippen LogP contribution in [0.15, 0.2) is 18.2 Å². The first-order valence-electron chi connectivity index (χ1n) is 4.17. The summed E-state index contributed by atoms with van der Waals surface area (Å²) in [6.07, 6.45) is 0. The first kappa shape index (κ1) is 11.0. The predicted octanol–water partition coefficient (Wildman–Crippen LogP) is 2.10. The molecule has 0 aliphatic heterocycles. The molecule has 0 radical (unpaired) electrons. The van der Waals surface area contributed by atoms with Gasteiger partial charge in [0.25, 0.3) is 0 Å². The maximum absolute atomic E-state index is 10.7. The van der Waals surface area contributed by atoms with Gasteiger partial charge in [0.05, 0.1) is 5.56 Å². The molecule has 1 rings (SSSR count). The van der Waals surface area contributed by atoms with Crippen molar-refractivity contribution in [2.45, 2.75) is 6.54 Å². The molecule has 0 spiro atoms. The number of carboxylic acids is 1. The molecule has 1 aromatic rings. The van der Waals surface area contributed by atoms with E-state index in [1.54, 1.807) is 12.1 Å². The molecule has 3 nitrogen and oxygen atoms in total. The van der Waals surface area contributed by atoms with Crippen molar-refractivity contribution >= 4 is 17.6 Å². The number of carbonyl (C=O) groups is 1. The maximum Gasteiger partial charge on any atom is 0.335 e. The van der Waals surface area contributed by atoms with Gasteiger partial charge in [-0.25, -0.2) is 4.79 Å². The van der Waals surface area contributed by atoms with Crippen molar-refractivity contribution in [3.63, 3.8) is 0 Å². The zero-order chi connectivity index (χ0) is 10.7. The molecule has 0 aromatic heterocycles. The minimum absolute atomic E-state index is 0.270. The molecule has 0 aliphatic carbocycles. The van der Waals surface area contributed by atoms with Gasteiger partial charge in [-0.1, -0.05) is 11.6 Å². The number of benzene rings is 1. The van der Waals surface area contributed by atoms with Crippen molar-refractivity contribution in [2.24, 2.45) is 0 Å². The standard InChI is InChI=1S/C10H12ClNO2/c1-12(2)6-8-5-7(10(13)14)3-4-9(8)11/h3-5H,6H2,1-2H3,(H,13,14). The first-order chi connectivity index (χ1) is 6.50. The van der Waals surface area contributed by atoms with E-state index < -0.39 is 5.97 Å². The third-order valence-electron chi connectivity index (χ3n) is 1.78. The van der Waals surface area contributed by atoms with Crippen LogP contribution < -0.4 is 0 Å². The van der Waals surface area contributed by atoms with Gasteiger partial charge in [-0.05, 0) is 37.9 Å². The SMILES string of the molecule is CN(C)Cc1cc(C(=O)O)ccc1Cl. The zero-order valence-electron chi connectivity index (χ0n) is 8.12. The topological polar surface area (TPSA) is 40.5 Å². The van der Waals surface area contributed by atoms with Crippen molar-refractivity contribution in [1.82, 2.24) is 4.90 Å². The molecule has 0 atom stereocenters. The fourth-order valence-electron chi connectivity index (χ4n) is 1.17. The Hall–Kier alpha value is -1.06. The number of aromatic carboxylic acids is 1. The molecule has 0 saturated heterocycles. The van der Waals surface area contributed by atoms with Crippen LogP contribution in [0, 0.1) is 0 Å². The molecule has 0 heterocycles. The van der Waals surface area contributed by atoms with Crippen molar-refractivity contribution in [3.05, 3.63) is 34.3 Å². The molecule has 4 heteroatoms. The van der Waals surface area contributed by atoms with Crippen LogP contribution in [0.1, 0.15) is 15.9 Å². The molecule has 1 N–H and O–H groups in total. The summed E-state index contributed by atoms with van der Waals surface area (Å²) >= 11 is 5.93. The van der Waals surface area contributed by atoms with Crippen LogP contribution in [0.4, 0.5) is 0 Å². The Morgan fingerprint density at radius 1 is 1.50 bits per heavy atom. The molecule has 0 fully saturated rings. The lowest BCUT2D eigenvalue weighted by Crippen LogP contribution is -2.11. The lowest BCUT2D eigenvalue weighted by Gasteiger charge is -2.11. The second kappa shape index (κ2) is 4.44. The van der Waals surface area contributed by atoms with Gasteiger partial charge in [-0.15, -0.1) is 0 Å². The Morgan fingerprint density at radius 2 is 2.14 bits per heavy atom. The largest absolute Gasteiger partial charge is 0.478 e. The highest BCUT2D eigenvalue weighted by atomic mass is 35.5. The van der Waals surface area contributed by atoms with E-state index in [0.29, 0.717) is 11.6 Å². The summed E-state index contributed by atoms with van der Waals surface area (Å²) in [5, 5.41) is 9.38. The minimum atomic E-state index is -0.929. The summed E-state index contributed by atoms with van der Waals surface area (Å²) in [5.74, 6) is -0.929. The van der Waals surface area contributed by atoms with Gasteiger partial charge in [0.1, 0.15) is 0 Å². The first-order valence-corrected chi connectivity index (χ1v) is 4.55. The molecule has 0 bridgehead atoms. The zero-order valence-corrected chi connectivity index (χ0v) is 8.88. The molecular weight excluding hydrogens is 202 g/mol. The van der Waals surface area contributed by atoms with Gasteiger partial charge in [-0.3, -0.25) is 0 Å². The molecule has 0 aliphatic rings. The Labute approximate surface area is 87.9 Å². The van der Waals surface area contributed by atoms with Crippen LogP contribution in [-0.4, -0.2) is 30.1 Å². The van der Waals surface area contributed by atoms with E-state index >= 15 is 0 Å². The van der Waals surface area contributed by atoms with E-state index in [1.165, 1.54) is 6.07 Å². The smallest absolute Gasteiger partial charge is 0.335 e. The normalized spacial score (nSPS) is 10.6. The minimum Gasteiger partial charge on any atom is -0.478 e. The summed E-state index contributed by atoms with van der Waals surface area (Å²) in [5.41, 5.74) is 1.10. The van der Waals surface area contributed by atoms with Gasteiger partial charge in [0.2, 0.25) is 0 Å². The van der Waals surface area contributed by atoms with Crippen molar-refractivity contribution in [2.75, 3.05) is 14.1 Å². The summed E-state index contributed by atoms with van der Waals surface area (Å²) < 4.78 is 0. The predicted molar refractivity (Wildman–Crippen MR) is 55.8 cm³/mol. The van der Waals surface area contributed by atoms with Gasteiger partial charge in [0, 0.05) is 11.6 Å². The van der Waals surface area contributed by atoms with E-state index in [2.05, 4.69) is 0 Å². The lowest BCUT2D eigenvalue weighted by molar-refractivity contribution is 0.0696. The van der Waals surface area contributed by atoms with Gasteiger partial charge >= 0.3 is 5.97 Å². The van der Waals surface area contributed by atoms with Crippen LogP contribution in [0.25, 0.3) is 0 Å². The molecule has 76 valence electrons. The van der Waals surface area contributed by atoms with Crippen molar-refractivity contribution in [3.8, 4) is 0 Å². The molecule has 0 saturated carbocycles. The van der Waals surface area contributed by atoms with E-state index in [4.69, 9.17) is 16.7 Å². The number of halogens is 1. The summed E-state index contributed by atoms with van der Waals surface area (Å²) in [6.45, 7) is 0.639. The second-order valence-corrected chi connectivity index (χ2v) is 3.76. The monoisotopic (exact) mass is 213 g/mol. The summed E-state index contributed by atoms with van der Waals surface area (Å²) in [4.78, 5) is 12.6. The lowest BCUT2D eigenvalue weighted by atomic mass is 10.1. The second-order valence-electron chi connectivity index (χ2n) is 3.35. The molecule has 1 aromatic carbocycles. The van der Waals surface area contributed by atoms with Gasteiger partial charge in [-0.2, -0.15) is 0 Å². The maximum atomic E-state index is 10.7. The van der Waals surface area contributed by atoms with Crippen LogP contribution in [0.3, 0.4) is 0 Å². The van der Waals surface area contributed by atoms with Crippen LogP contribution >= 0.6 is 11.6 Å². The average Bonchev–Trinajstić information content (AvgIpc) is 2.07. The fraction of sp³-hybridized carbons (Fsp3) is 0.300. The van der Waals surface area contributed by atoms with Crippen molar-refractivity contribution in [1.29, 1.82) is 0 Å². The summed E-state index contributed by atoms with van der Waals surface area (Å²) in [6, 6.07) is 4.72.